The van der Waals surface area contributed by atoms with Crippen LogP contribution in [0, 0.1) is 0 Å². The van der Waals surface area contributed by atoms with Crippen LogP contribution in [0.3, 0.4) is 0 Å². The molecule has 63 valence electrons. The fraction of sp³-hybridized carbons (Fsp3) is 0.875. The topological polar surface area (TPSA) is 35.5 Å². The average molecular weight is 157 g/mol. The second kappa shape index (κ2) is 5.27. The lowest BCUT2D eigenvalue weighted by molar-refractivity contribution is -0.0295. The predicted octanol–water partition coefficient (Wildman–Crippen LogP) is 0.682. The largest absolute Gasteiger partial charge is 0.381 e. The van der Waals surface area contributed by atoms with Crippen molar-refractivity contribution in [3.05, 3.63) is 0 Å². The molecule has 1 heterocycles. The standard InChI is InChI=1S/C8H13O3/c9-4-1-5-11-8-2-6-10-7-3-8/h8H,1-3,5-7H2. The molecule has 1 fully saturated rings. The maximum Gasteiger partial charge on any atom is 0.200 e. The zero-order chi connectivity index (χ0) is 7.94. The van der Waals surface area contributed by atoms with Crippen molar-refractivity contribution in [1.82, 2.24) is 0 Å². The van der Waals surface area contributed by atoms with E-state index in [0.29, 0.717) is 19.1 Å². The molecule has 1 saturated heterocycles. The van der Waals surface area contributed by atoms with Gasteiger partial charge in [-0.05, 0) is 12.8 Å². The van der Waals surface area contributed by atoms with E-state index >= 15 is 0 Å². The zero-order valence-electron chi connectivity index (χ0n) is 6.54. The van der Waals surface area contributed by atoms with E-state index in [4.69, 9.17) is 9.47 Å². The van der Waals surface area contributed by atoms with E-state index in [-0.39, 0.29) is 0 Å². The molecular weight excluding hydrogens is 144 g/mol. The van der Waals surface area contributed by atoms with Gasteiger partial charge in [0.25, 0.3) is 0 Å². The number of carbonyl (C=O) groups excluding carboxylic acids is 1. The first-order valence-electron chi connectivity index (χ1n) is 3.98. The third-order valence-corrected chi connectivity index (χ3v) is 1.73. The first-order valence-corrected chi connectivity index (χ1v) is 3.98. The smallest absolute Gasteiger partial charge is 0.200 e. The molecule has 0 unspecified atom stereocenters. The van der Waals surface area contributed by atoms with Crippen molar-refractivity contribution in [2.45, 2.75) is 25.4 Å². The van der Waals surface area contributed by atoms with Crippen LogP contribution in [0.1, 0.15) is 19.3 Å². The highest BCUT2D eigenvalue weighted by molar-refractivity contribution is 5.50. The summed E-state index contributed by atoms with van der Waals surface area (Å²) in [5.41, 5.74) is 0. The summed E-state index contributed by atoms with van der Waals surface area (Å²) in [5.74, 6) is 0. The Hall–Kier alpha value is -0.410. The van der Waals surface area contributed by atoms with Crippen molar-refractivity contribution in [2.75, 3.05) is 19.8 Å². The minimum Gasteiger partial charge on any atom is -0.381 e. The lowest BCUT2D eigenvalue weighted by atomic mass is 10.1. The minimum absolute atomic E-state index is 0.303. The van der Waals surface area contributed by atoms with Crippen LogP contribution in [0.4, 0.5) is 0 Å². The Morgan fingerprint density at radius 3 is 2.82 bits per heavy atom. The van der Waals surface area contributed by atoms with E-state index in [0.717, 1.165) is 26.1 Å². The summed E-state index contributed by atoms with van der Waals surface area (Å²) < 4.78 is 10.5. The molecule has 11 heavy (non-hydrogen) atoms. The molecule has 0 atom stereocenters. The van der Waals surface area contributed by atoms with E-state index in [9.17, 15) is 4.79 Å². The second-order valence-electron chi connectivity index (χ2n) is 2.58. The van der Waals surface area contributed by atoms with Gasteiger partial charge in [-0.1, -0.05) is 0 Å². The first-order chi connectivity index (χ1) is 5.43. The summed E-state index contributed by atoms with van der Waals surface area (Å²) in [6, 6.07) is 0. The second-order valence-corrected chi connectivity index (χ2v) is 2.58. The Kier molecular flexibility index (Phi) is 4.16. The Bertz CT molecular complexity index is 108. The Morgan fingerprint density at radius 2 is 2.18 bits per heavy atom. The van der Waals surface area contributed by atoms with Gasteiger partial charge in [-0.3, -0.25) is 4.79 Å². The van der Waals surface area contributed by atoms with Gasteiger partial charge in [-0.2, -0.15) is 0 Å². The molecule has 1 aliphatic heterocycles. The molecule has 0 spiro atoms. The highest BCUT2D eigenvalue weighted by Crippen LogP contribution is 2.10. The summed E-state index contributed by atoms with van der Waals surface area (Å²) in [4.78, 5) is 9.82. The maximum atomic E-state index is 9.82. The van der Waals surface area contributed by atoms with Gasteiger partial charge >= 0.3 is 0 Å². The van der Waals surface area contributed by atoms with Crippen molar-refractivity contribution < 1.29 is 14.3 Å². The van der Waals surface area contributed by atoms with Crippen molar-refractivity contribution in [2.24, 2.45) is 0 Å². The number of rotatable bonds is 4. The lowest BCUT2D eigenvalue weighted by Crippen LogP contribution is -2.23. The fourth-order valence-corrected chi connectivity index (χ4v) is 1.11. The van der Waals surface area contributed by atoms with Crippen LogP contribution in [0.2, 0.25) is 0 Å². The molecule has 0 aromatic heterocycles. The van der Waals surface area contributed by atoms with Gasteiger partial charge < -0.3 is 9.47 Å². The molecule has 0 aromatic rings. The van der Waals surface area contributed by atoms with E-state index in [1.807, 2.05) is 0 Å². The average Bonchev–Trinajstić information content (AvgIpc) is 2.07. The molecule has 0 bridgehead atoms. The van der Waals surface area contributed by atoms with Crippen LogP contribution < -0.4 is 0 Å². The molecule has 0 saturated carbocycles. The van der Waals surface area contributed by atoms with Crippen molar-refractivity contribution >= 4 is 6.29 Å². The van der Waals surface area contributed by atoms with Crippen LogP contribution in [0.25, 0.3) is 0 Å². The van der Waals surface area contributed by atoms with Gasteiger partial charge in [0.2, 0.25) is 6.29 Å². The first kappa shape index (κ1) is 8.68. The van der Waals surface area contributed by atoms with E-state index in [1.165, 1.54) is 0 Å². The fourth-order valence-electron chi connectivity index (χ4n) is 1.11. The van der Waals surface area contributed by atoms with E-state index in [1.54, 1.807) is 6.29 Å². The molecule has 0 amide bonds. The number of ether oxygens (including phenoxy) is 2. The highest BCUT2D eigenvalue weighted by Gasteiger charge is 2.13. The molecule has 0 aromatic carbocycles. The molecule has 1 aliphatic rings. The Labute approximate surface area is 66.7 Å². The van der Waals surface area contributed by atoms with Crippen LogP contribution >= 0.6 is 0 Å². The predicted molar refractivity (Wildman–Crippen MR) is 40.1 cm³/mol. The summed E-state index contributed by atoms with van der Waals surface area (Å²) in [7, 11) is 0. The third kappa shape index (κ3) is 3.49. The molecule has 0 N–H and O–H groups in total. The summed E-state index contributed by atoms with van der Waals surface area (Å²) >= 11 is 0. The Morgan fingerprint density at radius 1 is 1.45 bits per heavy atom. The van der Waals surface area contributed by atoms with Gasteiger partial charge in [0.1, 0.15) is 0 Å². The monoisotopic (exact) mass is 157 g/mol. The maximum absolute atomic E-state index is 9.82. The Balaban J connectivity index is 2.00. The lowest BCUT2D eigenvalue weighted by Gasteiger charge is -2.21. The van der Waals surface area contributed by atoms with Gasteiger partial charge in [-0.25, -0.2) is 0 Å². The normalized spacial score (nSPS) is 20.0. The van der Waals surface area contributed by atoms with Gasteiger partial charge in [0.05, 0.1) is 12.7 Å². The van der Waals surface area contributed by atoms with Gasteiger partial charge in [0, 0.05) is 19.6 Å². The number of hydrogen-bond acceptors (Lipinski definition) is 3. The van der Waals surface area contributed by atoms with Crippen molar-refractivity contribution in [3.63, 3.8) is 0 Å². The zero-order valence-corrected chi connectivity index (χ0v) is 6.54. The number of hydrogen-bond donors (Lipinski definition) is 0. The molecule has 0 aliphatic carbocycles. The van der Waals surface area contributed by atoms with Crippen LogP contribution in [-0.4, -0.2) is 32.2 Å². The van der Waals surface area contributed by atoms with E-state index in [2.05, 4.69) is 0 Å². The molecule has 3 nitrogen and oxygen atoms in total. The summed E-state index contributed by atoms with van der Waals surface area (Å²) in [6.07, 6.45) is 4.40. The van der Waals surface area contributed by atoms with Crippen molar-refractivity contribution in [3.8, 4) is 0 Å². The molecule has 1 radical (unpaired) electrons. The minimum atomic E-state index is 0.303. The van der Waals surface area contributed by atoms with Crippen molar-refractivity contribution in [1.29, 1.82) is 0 Å². The highest BCUT2D eigenvalue weighted by atomic mass is 16.5. The molecule has 3 heteroatoms. The van der Waals surface area contributed by atoms with Crippen LogP contribution in [0.15, 0.2) is 0 Å². The van der Waals surface area contributed by atoms with E-state index < -0.39 is 0 Å². The quantitative estimate of drug-likeness (QED) is 0.563. The van der Waals surface area contributed by atoms with Crippen LogP contribution in [0.5, 0.6) is 0 Å². The van der Waals surface area contributed by atoms with Gasteiger partial charge in [0.15, 0.2) is 0 Å². The van der Waals surface area contributed by atoms with Gasteiger partial charge in [-0.15, -0.1) is 0 Å². The summed E-state index contributed by atoms with van der Waals surface area (Å²) in [5, 5.41) is 0. The van der Waals surface area contributed by atoms with Crippen LogP contribution in [-0.2, 0) is 14.3 Å². The molecular formula is C8H13O3. The third-order valence-electron chi connectivity index (χ3n) is 1.73. The molecule has 1 rings (SSSR count). The summed E-state index contributed by atoms with van der Waals surface area (Å²) in [6.45, 7) is 2.08. The SMILES string of the molecule is O=[C]CCOC1CCOCC1.